The van der Waals surface area contributed by atoms with Gasteiger partial charge in [-0.3, -0.25) is 14.5 Å². The van der Waals surface area contributed by atoms with Gasteiger partial charge < -0.3 is 15.3 Å². The van der Waals surface area contributed by atoms with Gasteiger partial charge in [0.1, 0.15) is 6.04 Å². The van der Waals surface area contributed by atoms with Gasteiger partial charge in [-0.05, 0) is 0 Å². The van der Waals surface area contributed by atoms with E-state index in [4.69, 9.17) is 15.3 Å². The summed E-state index contributed by atoms with van der Waals surface area (Å²) in [5.74, 6) is -2.17. The minimum Gasteiger partial charge on any atom is -0.480 e. The summed E-state index contributed by atoms with van der Waals surface area (Å²) in [4.78, 5) is 22.2. The van der Waals surface area contributed by atoms with Crippen molar-refractivity contribution in [3.05, 3.63) is 0 Å². The van der Waals surface area contributed by atoms with Crippen LogP contribution in [0.3, 0.4) is 0 Å². The normalized spacial score (nSPS) is 29.0. The summed E-state index contributed by atoms with van der Waals surface area (Å²) in [7, 11) is 0. The van der Waals surface area contributed by atoms with E-state index in [2.05, 4.69) is 0 Å². The number of aliphatic hydroxyl groups is 1. The van der Waals surface area contributed by atoms with Gasteiger partial charge in [0.25, 0.3) is 0 Å². The number of carboxylic acids is 2. The number of likely N-dealkylation sites (tertiary alicyclic amines) is 1. The Labute approximate surface area is 74.4 Å². The van der Waals surface area contributed by atoms with E-state index < -0.39 is 24.1 Å². The molecule has 0 spiro atoms. The zero-order valence-corrected chi connectivity index (χ0v) is 6.88. The van der Waals surface area contributed by atoms with Gasteiger partial charge in [-0.25, -0.2) is 0 Å². The van der Waals surface area contributed by atoms with Crippen LogP contribution in [0.1, 0.15) is 6.42 Å². The van der Waals surface area contributed by atoms with Crippen LogP contribution in [-0.2, 0) is 9.59 Å². The fraction of sp³-hybridized carbons (Fsp3) is 0.714. The molecule has 3 N–H and O–H groups in total. The summed E-state index contributed by atoms with van der Waals surface area (Å²) >= 11 is 0. The van der Waals surface area contributed by atoms with E-state index in [1.54, 1.807) is 0 Å². The maximum absolute atomic E-state index is 10.6. The third-order valence-electron chi connectivity index (χ3n) is 2.00. The Kier molecular flexibility index (Phi) is 2.84. The highest BCUT2D eigenvalue weighted by Crippen LogP contribution is 2.17. The maximum Gasteiger partial charge on any atom is 0.321 e. The molecule has 13 heavy (non-hydrogen) atoms. The van der Waals surface area contributed by atoms with Crippen LogP contribution in [0.2, 0.25) is 0 Å². The average molecular weight is 189 g/mol. The van der Waals surface area contributed by atoms with Gasteiger partial charge in [0.2, 0.25) is 0 Å². The Morgan fingerprint density at radius 1 is 1.38 bits per heavy atom. The second-order valence-electron chi connectivity index (χ2n) is 3.07. The number of carbonyl (C=O) groups is 2. The van der Waals surface area contributed by atoms with E-state index in [1.807, 2.05) is 0 Å². The standard InChI is InChI=1S/C7H11NO5/c9-4-1-5(7(12)13)8(2-4)3-6(10)11/h4-5,9H,1-3H2,(H,10,11)(H,12,13)/t4-,5+/m1/s1. The Hall–Kier alpha value is -1.14. The van der Waals surface area contributed by atoms with E-state index in [1.165, 1.54) is 4.90 Å². The van der Waals surface area contributed by atoms with Gasteiger partial charge >= 0.3 is 11.9 Å². The molecule has 0 saturated carbocycles. The maximum atomic E-state index is 10.6. The van der Waals surface area contributed by atoms with Crippen LogP contribution in [0.5, 0.6) is 0 Å². The molecule has 0 amide bonds. The van der Waals surface area contributed by atoms with Crippen molar-refractivity contribution in [2.75, 3.05) is 13.1 Å². The second-order valence-corrected chi connectivity index (χ2v) is 3.07. The van der Waals surface area contributed by atoms with Gasteiger partial charge in [0, 0.05) is 13.0 Å². The minimum absolute atomic E-state index is 0.0998. The number of hydrogen-bond donors (Lipinski definition) is 3. The molecule has 0 unspecified atom stereocenters. The predicted octanol–water partition coefficient (Wildman–Crippen LogP) is -1.41. The quantitative estimate of drug-likeness (QED) is 0.504. The number of rotatable bonds is 3. The minimum atomic E-state index is -1.09. The van der Waals surface area contributed by atoms with Crippen molar-refractivity contribution in [3.8, 4) is 0 Å². The van der Waals surface area contributed by atoms with Crippen molar-refractivity contribution in [3.63, 3.8) is 0 Å². The van der Waals surface area contributed by atoms with Crippen LogP contribution in [0.15, 0.2) is 0 Å². The molecule has 1 aliphatic rings. The SMILES string of the molecule is O=C(O)CN1C[C@H](O)C[C@H]1C(=O)O. The monoisotopic (exact) mass is 189 g/mol. The van der Waals surface area contributed by atoms with Crippen LogP contribution in [0.4, 0.5) is 0 Å². The Balaban J connectivity index is 2.60. The summed E-state index contributed by atoms with van der Waals surface area (Å²) in [6, 6.07) is -0.869. The number of nitrogens with zero attached hydrogens (tertiary/aromatic N) is 1. The van der Waals surface area contributed by atoms with Gasteiger partial charge in [-0.15, -0.1) is 0 Å². The first-order valence-corrected chi connectivity index (χ1v) is 3.87. The molecule has 1 rings (SSSR count). The average Bonchev–Trinajstić information content (AvgIpc) is 2.29. The molecule has 6 heteroatoms. The number of β-amino-alcohol motifs (C(OH)–C–C–N with tert-alkyl or cyclic N) is 1. The van der Waals surface area contributed by atoms with Crippen molar-refractivity contribution in [2.24, 2.45) is 0 Å². The molecule has 0 aromatic heterocycles. The summed E-state index contributed by atoms with van der Waals surface area (Å²) in [5.41, 5.74) is 0. The molecule has 0 radical (unpaired) electrons. The van der Waals surface area contributed by atoms with Crippen molar-refractivity contribution < 1.29 is 24.9 Å². The lowest BCUT2D eigenvalue weighted by molar-refractivity contribution is -0.144. The highest BCUT2D eigenvalue weighted by Gasteiger charge is 2.36. The van der Waals surface area contributed by atoms with E-state index in [0.29, 0.717) is 0 Å². The third-order valence-corrected chi connectivity index (χ3v) is 2.00. The summed E-state index contributed by atoms with van der Waals surface area (Å²) in [5, 5.41) is 26.2. The van der Waals surface area contributed by atoms with Crippen LogP contribution >= 0.6 is 0 Å². The van der Waals surface area contributed by atoms with E-state index in [0.717, 1.165) is 0 Å². The van der Waals surface area contributed by atoms with Crippen LogP contribution in [0.25, 0.3) is 0 Å². The Morgan fingerprint density at radius 3 is 2.46 bits per heavy atom. The number of hydrogen-bond acceptors (Lipinski definition) is 4. The first kappa shape index (κ1) is 9.94. The van der Waals surface area contributed by atoms with Crippen molar-refractivity contribution in [1.29, 1.82) is 0 Å². The fourth-order valence-corrected chi connectivity index (χ4v) is 1.48. The van der Waals surface area contributed by atoms with Gasteiger partial charge in [0.15, 0.2) is 0 Å². The lowest BCUT2D eigenvalue weighted by Gasteiger charge is -2.17. The Morgan fingerprint density at radius 2 is 2.00 bits per heavy atom. The first-order valence-electron chi connectivity index (χ1n) is 3.87. The molecule has 6 nitrogen and oxygen atoms in total. The molecule has 2 atom stereocenters. The zero-order chi connectivity index (χ0) is 10.0. The van der Waals surface area contributed by atoms with Crippen molar-refractivity contribution in [1.82, 2.24) is 4.90 Å². The van der Waals surface area contributed by atoms with Crippen LogP contribution < -0.4 is 0 Å². The summed E-state index contributed by atoms with van der Waals surface area (Å²) in [6.07, 6.45) is -0.636. The van der Waals surface area contributed by atoms with E-state index in [9.17, 15) is 9.59 Å². The molecule has 0 aliphatic carbocycles. The fourth-order valence-electron chi connectivity index (χ4n) is 1.48. The number of aliphatic carboxylic acids is 2. The zero-order valence-electron chi connectivity index (χ0n) is 6.88. The Bertz CT molecular complexity index is 229. The molecule has 1 aliphatic heterocycles. The van der Waals surface area contributed by atoms with Crippen LogP contribution in [0, 0.1) is 0 Å². The molecular formula is C7H11NO5. The molecule has 1 heterocycles. The largest absolute Gasteiger partial charge is 0.480 e. The lowest BCUT2D eigenvalue weighted by Crippen LogP contribution is -2.39. The molecular weight excluding hydrogens is 178 g/mol. The highest BCUT2D eigenvalue weighted by molar-refractivity contribution is 5.76. The van der Waals surface area contributed by atoms with Crippen molar-refractivity contribution in [2.45, 2.75) is 18.6 Å². The predicted molar refractivity (Wildman–Crippen MR) is 41.3 cm³/mol. The molecule has 0 aromatic carbocycles. The topological polar surface area (TPSA) is 98.1 Å². The molecule has 1 fully saturated rings. The number of carboxylic acid groups (broad SMARTS) is 2. The highest BCUT2D eigenvalue weighted by atomic mass is 16.4. The van der Waals surface area contributed by atoms with Crippen LogP contribution in [-0.4, -0.2) is 57.4 Å². The molecule has 0 aromatic rings. The van der Waals surface area contributed by atoms with E-state index >= 15 is 0 Å². The van der Waals surface area contributed by atoms with Gasteiger partial charge in [-0.2, -0.15) is 0 Å². The smallest absolute Gasteiger partial charge is 0.321 e. The third kappa shape index (κ3) is 2.40. The van der Waals surface area contributed by atoms with E-state index in [-0.39, 0.29) is 19.5 Å². The number of aliphatic hydroxyl groups excluding tert-OH is 1. The second kappa shape index (κ2) is 3.71. The summed E-state index contributed by atoms with van der Waals surface area (Å²) < 4.78 is 0. The molecule has 74 valence electrons. The summed E-state index contributed by atoms with van der Waals surface area (Å²) in [6.45, 7) is -0.225. The van der Waals surface area contributed by atoms with Crippen molar-refractivity contribution >= 4 is 11.9 Å². The first-order chi connectivity index (χ1) is 6.00. The van der Waals surface area contributed by atoms with Gasteiger partial charge in [-0.1, -0.05) is 0 Å². The lowest BCUT2D eigenvalue weighted by atomic mass is 10.2. The molecule has 1 saturated heterocycles. The van der Waals surface area contributed by atoms with Gasteiger partial charge in [0.05, 0.1) is 12.6 Å². The molecule has 0 bridgehead atoms.